The van der Waals surface area contributed by atoms with Gasteiger partial charge in [0.2, 0.25) is 0 Å². The van der Waals surface area contributed by atoms with Gasteiger partial charge in [0, 0.05) is 53.1 Å². The smallest absolute Gasteiger partial charge is 0.164 e. The summed E-state index contributed by atoms with van der Waals surface area (Å²) in [6, 6.07) is 56.5. The minimum Gasteiger partial charge on any atom is -0.309 e. The molecule has 0 aliphatic carbocycles. The van der Waals surface area contributed by atoms with Crippen molar-refractivity contribution in [1.29, 1.82) is 0 Å². The molecule has 0 unspecified atom stereocenters. The fourth-order valence-electron chi connectivity index (χ4n) is 8.38. The molecule has 10 aromatic rings. The minimum atomic E-state index is -0.0826. The van der Waals surface area contributed by atoms with Gasteiger partial charge in [0.1, 0.15) is 0 Å². The zero-order valence-corrected chi connectivity index (χ0v) is 30.0. The molecule has 11 rings (SSSR count). The summed E-state index contributed by atoms with van der Waals surface area (Å²) < 4.78 is 4.99. The molecule has 0 spiro atoms. The van der Waals surface area contributed by atoms with Crippen LogP contribution in [-0.2, 0) is 5.41 Å². The lowest BCUT2D eigenvalue weighted by Crippen LogP contribution is -2.26. The largest absolute Gasteiger partial charge is 0.309 e. The fourth-order valence-corrected chi connectivity index (χ4v) is 9.45. The van der Waals surface area contributed by atoms with Gasteiger partial charge in [0.25, 0.3) is 0 Å². The van der Waals surface area contributed by atoms with E-state index in [2.05, 4.69) is 115 Å². The first-order chi connectivity index (χ1) is 26.0. The van der Waals surface area contributed by atoms with E-state index in [4.69, 9.17) is 15.0 Å². The fraction of sp³-hybridized carbons (Fsp3) is 0.0625. The van der Waals surface area contributed by atoms with E-state index in [0.717, 1.165) is 16.7 Å². The Morgan fingerprint density at radius 2 is 0.962 bits per heavy atom. The van der Waals surface area contributed by atoms with Crippen LogP contribution in [0.25, 0.3) is 93.0 Å². The van der Waals surface area contributed by atoms with Crippen LogP contribution in [0.5, 0.6) is 0 Å². The molecule has 3 aromatic heterocycles. The number of nitrogens with zero attached hydrogens (tertiary/aromatic N) is 4. The molecule has 0 fully saturated rings. The van der Waals surface area contributed by atoms with Crippen molar-refractivity contribution in [3.8, 4) is 51.0 Å². The molecule has 1 aliphatic rings. The number of fused-ring (bicyclic) bond motifs is 8. The molecule has 0 saturated carbocycles. The summed E-state index contributed by atoms with van der Waals surface area (Å²) in [5, 5.41) is 5.03. The second-order valence-corrected chi connectivity index (χ2v) is 15.6. The SMILES string of the molecule is CC1(C)c2ccccc2-n2c3ccc(-c4ccc5sc6ccc(-c7nc(-c8ccccc8)nc(-c8ccccc8)n7)cc6c5c4)cc3c3cccc1c32. The Morgan fingerprint density at radius 3 is 1.64 bits per heavy atom. The van der Waals surface area contributed by atoms with Crippen LogP contribution in [0.15, 0.2) is 158 Å². The Bertz CT molecular complexity index is 3020. The Kier molecular flexibility index (Phi) is 6.43. The summed E-state index contributed by atoms with van der Waals surface area (Å²) in [6.07, 6.45) is 0. The van der Waals surface area contributed by atoms with Gasteiger partial charge in [-0.2, -0.15) is 0 Å². The van der Waals surface area contributed by atoms with Gasteiger partial charge in [-0.15, -0.1) is 11.3 Å². The molecular formula is C48H32N4S. The van der Waals surface area contributed by atoms with Gasteiger partial charge >= 0.3 is 0 Å². The van der Waals surface area contributed by atoms with Crippen molar-refractivity contribution in [2.24, 2.45) is 0 Å². The van der Waals surface area contributed by atoms with E-state index in [1.165, 1.54) is 69.9 Å². The lowest BCUT2D eigenvalue weighted by molar-refractivity contribution is 0.630. The van der Waals surface area contributed by atoms with E-state index in [1.807, 2.05) is 72.0 Å². The standard InChI is InChI=1S/C48H32N4S/c1-48(2)38-17-9-10-19-41(38)52-40-23-20-31(26-35(40)34-16-11-18-39(48)44(34)52)32-21-24-42-36(27-32)37-28-33(22-25-43(37)53-42)47-50-45(29-12-5-3-6-13-29)49-46(51-47)30-14-7-4-8-15-30/h3-28H,1-2H3. The van der Waals surface area contributed by atoms with Crippen LogP contribution in [0.1, 0.15) is 25.0 Å². The van der Waals surface area contributed by atoms with Crippen LogP contribution in [0, 0.1) is 0 Å². The maximum Gasteiger partial charge on any atom is 0.164 e. The van der Waals surface area contributed by atoms with Gasteiger partial charge in [-0.25, -0.2) is 15.0 Å². The van der Waals surface area contributed by atoms with E-state index in [0.29, 0.717) is 17.5 Å². The van der Waals surface area contributed by atoms with Gasteiger partial charge in [-0.05, 0) is 70.8 Å². The Morgan fingerprint density at radius 1 is 0.434 bits per heavy atom. The number of para-hydroxylation sites is 2. The molecule has 4 heterocycles. The normalized spacial score (nSPS) is 13.2. The van der Waals surface area contributed by atoms with Crippen molar-refractivity contribution in [3.05, 3.63) is 169 Å². The molecule has 4 nitrogen and oxygen atoms in total. The summed E-state index contributed by atoms with van der Waals surface area (Å²) in [6.45, 7) is 4.70. The Hall–Kier alpha value is -6.43. The summed E-state index contributed by atoms with van der Waals surface area (Å²) in [4.78, 5) is 14.9. The number of hydrogen-bond acceptors (Lipinski definition) is 4. The molecule has 0 N–H and O–H groups in total. The second kappa shape index (κ2) is 11.3. The minimum absolute atomic E-state index is 0.0826. The first-order valence-electron chi connectivity index (χ1n) is 18.0. The maximum atomic E-state index is 5.01. The van der Waals surface area contributed by atoms with E-state index in [9.17, 15) is 0 Å². The van der Waals surface area contributed by atoms with Crippen molar-refractivity contribution < 1.29 is 0 Å². The molecule has 7 aromatic carbocycles. The number of thiophene rings is 1. The van der Waals surface area contributed by atoms with E-state index >= 15 is 0 Å². The number of rotatable bonds is 4. The average molecular weight is 697 g/mol. The predicted molar refractivity (Wildman–Crippen MR) is 221 cm³/mol. The van der Waals surface area contributed by atoms with Gasteiger partial charge < -0.3 is 4.57 Å². The molecule has 5 heteroatoms. The molecule has 53 heavy (non-hydrogen) atoms. The van der Waals surface area contributed by atoms with E-state index in [-0.39, 0.29) is 5.41 Å². The van der Waals surface area contributed by atoms with Gasteiger partial charge in [-0.1, -0.05) is 123 Å². The quantitative estimate of drug-likeness (QED) is 0.184. The molecule has 1 aliphatic heterocycles. The summed E-state index contributed by atoms with van der Waals surface area (Å²) in [5.74, 6) is 2.00. The van der Waals surface area contributed by atoms with Crippen LogP contribution in [0.2, 0.25) is 0 Å². The molecule has 250 valence electrons. The Labute approximate surface area is 310 Å². The lowest BCUT2D eigenvalue weighted by Gasteiger charge is -2.34. The highest BCUT2D eigenvalue weighted by molar-refractivity contribution is 7.25. The van der Waals surface area contributed by atoms with Crippen LogP contribution < -0.4 is 0 Å². The third-order valence-corrected chi connectivity index (χ3v) is 12.2. The first kappa shape index (κ1) is 30.2. The molecule has 0 radical (unpaired) electrons. The van der Waals surface area contributed by atoms with Crippen molar-refractivity contribution >= 4 is 53.3 Å². The molecule has 0 atom stereocenters. The zero-order valence-electron chi connectivity index (χ0n) is 29.2. The third kappa shape index (κ3) is 4.57. The first-order valence-corrected chi connectivity index (χ1v) is 18.8. The van der Waals surface area contributed by atoms with Crippen LogP contribution in [-0.4, -0.2) is 19.5 Å². The van der Waals surface area contributed by atoms with E-state index in [1.54, 1.807) is 0 Å². The number of hydrogen-bond donors (Lipinski definition) is 0. The summed E-state index contributed by atoms with van der Waals surface area (Å²) in [5.41, 5.74) is 11.8. The van der Waals surface area contributed by atoms with Crippen molar-refractivity contribution in [1.82, 2.24) is 19.5 Å². The highest BCUT2D eigenvalue weighted by Gasteiger charge is 2.34. The van der Waals surface area contributed by atoms with Crippen LogP contribution in [0.3, 0.4) is 0 Å². The number of aromatic nitrogens is 4. The average Bonchev–Trinajstić information content (AvgIpc) is 3.75. The van der Waals surface area contributed by atoms with Gasteiger partial charge in [-0.3, -0.25) is 0 Å². The molecular weight excluding hydrogens is 665 g/mol. The van der Waals surface area contributed by atoms with Crippen molar-refractivity contribution in [2.45, 2.75) is 19.3 Å². The van der Waals surface area contributed by atoms with Crippen molar-refractivity contribution in [3.63, 3.8) is 0 Å². The topological polar surface area (TPSA) is 43.6 Å². The monoisotopic (exact) mass is 696 g/mol. The number of benzene rings is 7. The predicted octanol–water partition coefficient (Wildman–Crippen LogP) is 12.6. The van der Waals surface area contributed by atoms with Crippen molar-refractivity contribution in [2.75, 3.05) is 0 Å². The maximum absolute atomic E-state index is 5.01. The summed E-state index contributed by atoms with van der Waals surface area (Å²) in [7, 11) is 0. The zero-order chi connectivity index (χ0) is 35.3. The van der Waals surface area contributed by atoms with E-state index < -0.39 is 0 Å². The third-order valence-electron chi connectivity index (χ3n) is 11.0. The molecule has 0 saturated heterocycles. The highest BCUT2D eigenvalue weighted by Crippen LogP contribution is 2.48. The molecule has 0 amide bonds. The lowest BCUT2D eigenvalue weighted by atomic mass is 9.75. The summed E-state index contributed by atoms with van der Waals surface area (Å²) >= 11 is 1.83. The van der Waals surface area contributed by atoms with Gasteiger partial charge in [0.15, 0.2) is 17.5 Å². The molecule has 0 bridgehead atoms. The highest BCUT2D eigenvalue weighted by atomic mass is 32.1. The van der Waals surface area contributed by atoms with Gasteiger partial charge in [0.05, 0.1) is 16.7 Å². The second-order valence-electron chi connectivity index (χ2n) is 14.5. The van der Waals surface area contributed by atoms with Crippen LogP contribution in [0.4, 0.5) is 0 Å². The van der Waals surface area contributed by atoms with Crippen LogP contribution >= 0.6 is 11.3 Å². The Balaban J connectivity index is 1.06.